The van der Waals surface area contributed by atoms with E-state index in [1.165, 1.54) is 89.9 Å². The van der Waals surface area contributed by atoms with Crippen LogP contribution < -0.4 is 5.32 Å². The topological polar surface area (TPSA) is 228 Å². The molecule has 14 nitrogen and oxygen atoms in total. The lowest BCUT2D eigenvalue weighted by Gasteiger charge is -2.46. The van der Waals surface area contributed by atoms with Crippen LogP contribution in [-0.2, 0) is 23.7 Å². The number of rotatable bonds is 44. The molecule has 2 saturated heterocycles. The van der Waals surface area contributed by atoms with Gasteiger partial charge in [0, 0.05) is 6.42 Å². The van der Waals surface area contributed by atoms with Crippen molar-refractivity contribution < 1.29 is 64.6 Å². The summed E-state index contributed by atoms with van der Waals surface area (Å²) in [4.78, 5) is 13.2. The maximum absolute atomic E-state index is 13.2. The van der Waals surface area contributed by atoms with Gasteiger partial charge >= 0.3 is 0 Å². The van der Waals surface area contributed by atoms with E-state index in [0.29, 0.717) is 19.3 Å². The van der Waals surface area contributed by atoms with Gasteiger partial charge in [-0.1, -0.05) is 203 Å². The van der Waals surface area contributed by atoms with E-state index in [4.69, 9.17) is 18.9 Å². The van der Waals surface area contributed by atoms with Gasteiger partial charge in [-0.2, -0.15) is 0 Å². The van der Waals surface area contributed by atoms with E-state index in [-0.39, 0.29) is 12.5 Å². The number of aliphatic hydroxyl groups excluding tert-OH is 8. The highest BCUT2D eigenvalue weighted by Crippen LogP contribution is 2.30. The predicted octanol–water partition coefficient (Wildman–Crippen LogP) is 9.00. The minimum absolute atomic E-state index is 0.216. The molecular formula is C58H103NO13. The van der Waals surface area contributed by atoms with E-state index in [1.54, 1.807) is 0 Å². The van der Waals surface area contributed by atoms with Gasteiger partial charge in [0.05, 0.1) is 32.0 Å². The largest absolute Gasteiger partial charge is 0.394 e. The van der Waals surface area contributed by atoms with Crippen molar-refractivity contribution in [3.05, 3.63) is 60.8 Å². The van der Waals surface area contributed by atoms with Gasteiger partial charge in [-0.25, -0.2) is 0 Å². The minimum atomic E-state index is -1.78. The highest BCUT2D eigenvalue weighted by Gasteiger charge is 2.51. The minimum Gasteiger partial charge on any atom is -0.394 e. The second kappa shape index (κ2) is 43.9. The maximum atomic E-state index is 13.2. The summed E-state index contributed by atoms with van der Waals surface area (Å²) in [6, 6.07) is -0.834. The van der Waals surface area contributed by atoms with Crippen LogP contribution in [0.4, 0.5) is 0 Å². The van der Waals surface area contributed by atoms with Crippen LogP contribution >= 0.6 is 0 Å². The van der Waals surface area contributed by atoms with Crippen LogP contribution in [0.2, 0.25) is 0 Å². The summed E-state index contributed by atoms with van der Waals surface area (Å²) in [5, 5.41) is 87.1. The smallest absolute Gasteiger partial charge is 0.220 e. The highest BCUT2D eigenvalue weighted by atomic mass is 16.7. The highest BCUT2D eigenvalue weighted by molar-refractivity contribution is 5.76. The van der Waals surface area contributed by atoms with E-state index in [9.17, 15) is 45.6 Å². The second-order valence-corrected chi connectivity index (χ2v) is 20.0. The normalized spacial score (nSPS) is 26.0. The van der Waals surface area contributed by atoms with Gasteiger partial charge in [0.25, 0.3) is 0 Å². The van der Waals surface area contributed by atoms with Crippen LogP contribution in [0, 0.1) is 0 Å². The molecule has 0 saturated carbocycles. The fraction of sp³-hybridized carbons (Fsp3) is 0.810. The molecular weight excluding hydrogens is 919 g/mol. The van der Waals surface area contributed by atoms with Crippen molar-refractivity contribution in [2.24, 2.45) is 0 Å². The molecule has 0 aromatic carbocycles. The number of aliphatic hydroxyl groups is 8. The molecule has 0 radical (unpaired) electrons. The zero-order chi connectivity index (χ0) is 52.4. The predicted molar refractivity (Wildman–Crippen MR) is 286 cm³/mol. The molecule has 9 N–H and O–H groups in total. The van der Waals surface area contributed by atoms with Gasteiger partial charge in [0.2, 0.25) is 5.91 Å². The molecule has 12 atom stereocenters. The molecule has 2 aliphatic heterocycles. The summed E-state index contributed by atoms with van der Waals surface area (Å²) in [5.41, 5.74) is 0. The molecule has 2 fully saturated rings. The van der Waals surface area contributed by atoms with Crippen molar-refractivity contribution in [1.29, 1.82) is 0 Å². The van der Waals surface area contributed by atoms with E-state index < -0.39 is 86.8 Å². The van der Waals surface area contributed by atoms with Crippen LogP contribution in [0.1, 0.15) is 206 Å². The lowest BCUT2D eigenvalue weighted by atomic mass is 9.97. The van der Waals surface area contributed by atoms with Gasteiger partial charge in [-0.3, -0.25) is 4.79 Å². The molecule has 0 aliphatic carbocycles. The molecule has 0 aromatic rings. The number of allylic oxidation sites excluding steroid dienone is 10. The molecule has 72 heavy (non-hydrogen) atoms. The van der Waals surface area contributed by atoms with Gasteiger partial charge in [0.15, 0.2) is 12.6 Å². The molecule has 12 unspecified atom stereocenters. The van der Waals surface area contributed by atoms with Crippen molar-refractivity contribution in [1.82, 2.24) is 5.32 Å². The lowest BCUT2D eigenvalue weighted by Crippen LogP contribution is -2.65. The van der Waals surface area contributed by atoms with Gasteiger partial charge in [-0.05, 0) is 57.8 Å². The Kier molecular flexibility index (Phi) is 40.1. The average molecular weight is 1020 g/mol. The standard InChI is InChI=1S/C58H103NO13/c1-3-5-7-9-11-13-15-17-18-19-20-21-22-23-24-25-26-27-28-30-32-34-36-38-40-42-50(63)59-46(47(62)41-39-37-35-33-31-29-16-14-12-10-8-6-4-2)45-69-57-55(68)53(66)56(49(44-61)71-57)72-58-54(67)52(65)51(64)48(43-60)70-58/h5,7,11,13,17-18,20-21,23-24,46-49,51-58,60-62,64-68H,3-4,6,8-10,12,14-16,19,22,25-45H2,1-2H3,(H,59,63)/b7-5-,13-11-,18-17-,21-20-,24-23-. The van der Waals surface area contributed by atoms with Crippen molar-refractivity contribution in [3.8, 4) is 0 Å². The monoisotopic (exact) mass is 1020 g/mol. The molecule has 2 aliphatic rings. The Morgan fingerprint density at radius 1 is 0.514 bits per heavy atom. The summed E-state index contributed by atoms with van der Waals surface area (Å²) >= 11 is 0. The number of carbonyl (C=O) groups excluding carboxylic acids is 1. The average Bonchev–Trinajstić information content (AvgIpc) is 3.38. The van der Waals surface area contributed by atoms with E-state index in [1.807, 2.05) is 0 Å². The Hall–Kier alpha value is -2.31. The van der Waals surface area contributed by atoms with Gasteiger partial charge in [0.1, 0.15) is 48.8 Å². The molecule has 0 aromatic heterocycles. The first kappa shape index (κ1) is 65.8. The third kappa shape index (κ3) is 29.7. The molecule has 0 bridgehead atoms. The number of hydrogen-bond donors (Lipinski definition) is 9. The number of hydrogen-bond acceptors (Lipinski definition) is 13. The zero-order valence-electron chi connectivity index (χ0n) is 44.7. The number of nitrogens with one attached hydrogen (secondary N) is 1. The summed E-state index contributed by atoms with van der Waals surface area (Å²) in [5.74, 6) is -0.216. The molecule has 14 heteroatoms. The number of unbranched alkanes of at least 4 members (excludes halogenated alkanes) is 21. The summed E-state index contributed by atoms with van der Waals surface area (Å²) in [6.07, 6.45) is 37.9. The molecule has 2 rings (SSSR count). The second-order valence-electron chi connectivity index (χ2n) is 20.0. The van der Waals surface area contributed by atoms with Crippen molar-refractivity contribution in [3.63, 3.8) is 0 Å². The van der Waals surface area contributed by atoms with Crippen molar-refractivity contribution >= 4 is 5.91 Å². The first-order valence-electron chi connectivity index (χ1n) is 28.5. The van der Waals surface area contributed by atoms with E-state index in [0.717, 1.165) is 83.5 Å². The maximum Gasteiger partial charge on any atom is 0.220 e. The van der Waals surface area contributed by atoms with Crippen LogP contribution in [0.25, 0.3) is 0 Å². The fourth-order valence-electron chi connectivity index (χ4n) is 9.15. The summed E-state index contributed by atoms with van der Waals surface area (Å²) < 4.78 is 22.8. The van der Waals surface area contributed by atoms with E-state index in [2.05, 4.69) is 79.9 Å². The van der Waals surface area contributed by atoms with Crippen LogP contribution in [0.5, 0.6) is 0 Å². The van der Waals surface area contributed by atoms with Crippen LogP contribution in [0.15, 0.2) is 60.8 Å². The van der Waals surface area contributed by atoms with Crippen molar-refractivity contribution in [2.45, 2.75) is 280 Å². The summed E-state index contributed by atoms with van der Waals surface area (Å²) in [7, 11) is 0. The number of ether oxygens (including phenoxy) is 4. The third-order valence-corrected chi connectivity index (χ3v) is 13.7. The molecule has 418 valence electrons. The SMILES string of the molecule is CC/C=C\C/C=C\C/C=C\C/C=C\C/C=C\CCCCCCCCCCCC(=O)NC(COC1OC(CO)C(OC2OC(CO)C(O)C(O)C2O)C(O)C1O)C(O)CCCCCCCCCCCCCCC. The third-order valence-electron chi connectivity index (χ3n) is 13.7. The first-order valence-corrected chi connectivity index (χ1v) is 28.5. The quantitative estimate of drug-likeness (QED) is 0.0205. The van der Waals surface area contributed by atoms with Gasteiger partial charge < -0.3 is 65.1 Å². The Balaban J connectivity index is 1.74. The Labute approximate surface area is 435 Å². The lowest BCUT2D eigenvalue weighted by molar-refractivity contribution is -0.359. The molecule has 2 heterocycles. The molecule has 1 amide bonds. The van der Waals surface area contributed by atoms with Crippen LogP contribution in [-0.4, -0.2) is 140 Å². The molecule has 0 spiro atoms. The van der Waals surface area contributed by atoms with Crippen molar-refractivity contribution in [2.75, 3.05) is 19.8 Å². The Morgan fingerprint density at radius 2 is 0.958 bits per heavy atom. The van der Waals surface area contributed by atoms with Gasteiger partial charge in [-0.15, -0.1) is 0 Å². The Bertz CT molecular complexity index is 1440. The number of carbonyl (C=O) groups is 1. The number of amides is 1. The summed E-state index contributed by atoms with van der Waals surface area (Å²) in [6.45, 7) is 2.73. The van der Waals surface area contributed by atoms with Crippen LogP contribution in [0.3, 0.4) is 0 Å². The Morgan fingerprint density at radius 3 is 1.47 bits per heavy atom. The zero-order valence-corrected chi connectivity index (χ0v) is 44.7. The fourth-order valence-corrected chi connectivity index (χ4v) is 9.15. The van der Waals surface area contributed by atoms with E-state index >= 15 is 0 Å². The first-order chi connectivity index (χ1) is 35.1.